The molecule has 0 spiro atoms. The zero-order valence-electron chi connectivity index (χ0n) is 6.94. The van der Waals surface area contributed by atoms with E-state index < -0.39 is 0 Å². The second-order valence-electron chi connectivity index (χ2n) is 2.57. The van der Waals surface area contributed by atoms with Gasteiger partial charge in [0.25, 0.3) is 0 Å². The van der Waals surface area contributed by atoms with Crippen molar-refractivity contribution in [3.05, 3.63) is 11.6 Å². The number of hydrogen-bond donors (Lipinski definition) is 0. The van der Waals surface area contributed by atoms with Crippen LogP contribution in [-0.4, -0.2) is 6.67 Å². The first-order valence-corrected chi connectivity index (χ1v) is 3.89. The van der Waals surface area contributed by atoms with Crippen LogP contribution in [0.1, 0.15) is 32.6 Å². The van der Waals surface area contributed by atoms with Gasteiger partial charge in [0.1, 0.15) is 6.67 Å². The zero-order valence-corrected chi connectivity index (χ0v) is 6.94. The summed E-state index contributed by atoms with van der Waals surface area (Å²) >= 11 is 0. The van der Waals surface area contributed by atoms with E-state index in [1.807, 2.05) is 6.92 Å². The highest BCUT2D eigenvalue weighted by atomic mass is 19.1. The molecule has 0 aliphatic heterocycles. The van der Waals surface area contributed by atoms with Crippen molar-refractivity contribution < 1.29 is 4.39 Å². The van der Waals surface area contributed by atoms with Gasteiger partial charge in [-0.3, -0.25) is 0 Å². The van der Waals surface area contributed by atoms with E-state index in [4.69, 9.17) is 5.26 Å². The molecular formula is C9H14FN. The fraction of sp³-hybridized carbons (Fsp3) is 0.667. The molecule has 0 rings (SSSR count). The third kappa shape index (κ3) is 7.05. The minimum atomic E-state index is -0.371. The molecule has 1 nitrogen and oxygen atoms in total. The first kappa shape index (κ1) is 10.2. The lowest BCUT2D eigenvalue weighted by Gasteiger charge is -1.96. The van der Waals surface area contributed by atoms with Crippen molar-refractivity contribution >= 4 is 0 Å². The van der Waals surface area contributed by atoms with Gasteiger partial charge in [0, 0.05) is 6.42 Å². The number of alkyl halides is 1. The third-order valence-electron chi connectivity index (χ3n) is 1.54. The van der Waals surface area contributed by atoms with Crippen LogP contribution in [0.25, 0.3) is 0 Å². The van der Waals surface area contributed by atoms with Gasteiger partial charge in [0.15, 0.2) is 0 Å². The molecule has 0 amide bonds. The van der Waals surface area contributed by atoms with E-state index in [0.717, 1.165) is 24.8 Å². The number of nitriles is 1. The van der Waals surface area contributed by atoms with Crippen LogP contribution >= 0.6 is 0 Å². The van der Waals surface area contributed by atoms with Crippen LogP contribution in [0.15, 0.2) is 11.6 Å². The van der Waals surface area contributed by atoms with Crippen molar-refractivity contribution in [1.29, 1.82) is 5.26 Å². The predicted octanol–water partition coefficient (Wildman–Crippen LogP) is 2.99. The van der Waals surface area contributed by atoms with Crippen molar-refractivity contribution in [2.24, 2.45) is 0 Å². The van der Waals surface area contributed by atoms with Gasteiger partial charge in [-0.05, 0) is 26.2 Å². The SMILES string of the molecule is C/C(=C/CF)CCCCC#N. The van der Waals surface area contributed by atoms with Gasteiger partial charge in [-0.2, -0.15) is 5.26 Å². The Hall–Kier alpha value is -0.840. The van der Waals surface area contributed by atoms with Gasteiger partial charge in [-0.15, -0.1) is 0 Å². The largest absolute Gasteiger partial charge is 0.247 e. The fourth-order valence-corrected chi connectivity index (χ4v) is 0.842. The first-order valence-electron chi connectivity index (χ1n) is 3.89. The number of halogens is 1. The standard InChI is InChI=1S/C9H14FN/c1-9(6-7-10)5-3-2-4-8-11/h6H,2-5,7H2,1H3/b9-6-. The van der Waals surface area contributed by atoms with E-state index >= 15 is 0 Å². The van der Waals surface area contributed by atoms with Crippen LogP contribution in [0.5, 0.6) is 0 Å². The predicted molar refractivity (Wildman–Crippen MR) is 43.8 cm³/mol. The molecule has 0 aromatic carbocycles. The Morgan fingerprint density at radius 2 is 2.27 bits per heavy atom. The maximum absolute atomic E-state index is 11.7. The molecular weight excluding hydrogens is 141 g/mol. The molecule has 0 radical (unpaired) electrons. The zero-order chi connectivity index (χ0) is 8.53. The van der Waals surface area contributed by atoms with Gasteiger partial charge in [0.05, 0.1) is 6.07 Å². The van der Waals surface area contributed by atoms with Gasteiger partial charge >= 0.3 is 0 Å². The fourth-order valence-electron chi connectivity index (χ4n) is 0.842. The van der Waals surface area contributed by atoms with Crippen LogP contribution in [-0.2, 0) is 0 Å². The Labute approximate surface area is 67.5 Å². The van der Waals surface area contributed by atoms with E-state index in [1.54, 1.807) is 6.08 Å². The molecule has 0 aliphatic rings. The Kier molecular flexibility index (Phi) is 6.71. The molecule has 2 heteroatoms. The molecule has 11 heavy (non-hydrogen) atoms. The highest BCUT2D eigenvalue weighted by molar-refractivity contribution is 4.97. The van der Waals surface area contributed by atoms with Crippen LogP contribution in [0.2, 0.25) is 0 Å². The van der Waals surface area contributed by atoms with Crippen molar-refractivity contribution in [3.63, 3.8) is 0 Å². The highest BCUT2D eigenvalue weighted by Crippen LogP contribution is 2.07. The first-order chi connectivity index (χ1) is 5.31. The molecule has 0 atom stereocenters. The smallest absolute Gasteiger partial charge is 0.108 e. The van der Waals surface area contributed by atoms with Gasteiger partial charge < -0.3 is 0 Å². The summed E-state index contributed by atoms with van der Waals surface area (Å²) in [4.78, 5) is 0. The Morgan fingerprint density at radius 1 is 1.55 bits per heavy atom. The van der Waals surface area contributed by atoms with Crippen molar-refractivity contribution in [1.82, 2.24) is 0 Å². The van der Waals surface area contributed by atoms with E-state index in [9.17, 15) is 4.39 Å². The van der Waals surface area contributed by atoms with E-state index in [1.165, 1.54) is 0 Å². The summed E-state index contributed by atoms with van der Waals surface area (Å²) in [7, 11) is 0. The minimum Gasteiger partial charge on any atom is -0.247 e. The third-order valence-corrected chi connectivity index (χ3v) is 1.54. The Morgan fingerprint density at radius 3 is 2.82 bits per heavy atom. The van der Waals surface area contributed by atoms with Crippen LogP contribution in [0.3, 0.4) is 0 Å². The second-order valence-corrected chi connectivity index (χ2v) is 2.57. The van der Waals surface area contributed by atoms with Gasteiger partial charge in [-0.25, -0.2) is 4.39 Å². The van der Waals surface area contributed by atoms with E-state index in [-0.39, 0.29) is 6.67 Å². The van der Waals surface area contributed by atoms with E-state index in [2.05, 4.69) is 6.07 Å². The molecule has 0 heterocycles. The van der Waals surface area contributed by atoms with E-state index in [0.29, 0.717) is 6.42 Å². The summed E-state index contributed by atoms with van der Waals surface area (Å²) in [6, 6.07) is 2.08. The normalized spacial score (nSPS) is 11.2. The average molecular weight is 155 g/mol. The summed E-state index contributed by atoms with van der Waals surface area (Å²) in [6.07, 6.45) is 5.05. The molecule has 0 fully saturated rings. The highest BCUT2D eigenvalue weighted by Gasteiger charge is 1.90. The topological polar surface area (TPSA) is 23.8 Å². The monoisotopic (exact) mass is 155 g/mol. The molecule has 0 aliphatic carbocycles. The summed E-state index contributed by atoms with van der Waals surface area (Å²) in [6.45, 7) is 1.55. The summed E-state index contributed by atoms with van der Waals surface area (Å²) in [5.41, 5.74) is 1.09. The molecule has 0 unspecified atom stereocenters. The Bertz CT molecular complexity index is 155. The Balaban J connectivity index is 3.25. The summed E-state index contributed by atoms with van der Waals surface area (Å²) in [5.74, 6) is 0. The lowest BCUT2D eigenvalue weighted by Crippen LogP contribution is -1.80. The quantitative estimate of drug-likeness (QED) is 0.442. The minimum absolute atomic E-state index is 0.371. The molecule has 0 aromatic heterocycles. The molecule has 0 aromatic rings. The lowest BCUT2D eigenvalue weighted by atomic mass is 10.1. The molecule has 62 valence electrons. The van der Waals surface area contributed by atoms with Crippen LogP contribution < -0.4 is 0 Å². The summed E-state index contributed by atoms with van der Waals surface area (Å²) in [5, 5.41) is 8.21. The number of unbranched alkanes of at least 4 members (excludes halogenated alkanes) is 2. The number of rotatable bonds is 5. The lowest BCUT2D eigenvalue weighted by molar-refractivity contribution is 0.558. The van der Waals surface area contributed by atoms with Crippen molar-refractivity contribution in [2.75, 3.05) is 6.67 Å². The number of nitrogens with zero attached hydrogens (tertiary/aromatic N) is 1. The number of hydrogen-bond acceptors (Lipinski definition) is 1. The summed E-state index contributed by atoms with van der Waals surface area (Å²) < 4.78 is 11.7. The maximum Gasteiger partial charge on any atom is 0.108 e. The molecule has 0 saturated carbocycles. The second kappa shape index (κ2) is 7.27. The van der Waals surface area contributed by atoms with Crippen LogP contribution in [0.4, 0.5) is 4.39 Å². The van der Waals surface area contributed by atoms with Crippen molar-refractivity contribution in [3.8, 4) is 6.07 Å². The maximum atomic E-state index is 11.7. The van der Waals surface area contributed by atoms with Gasteiger partial charge in [0.2, 0.25) is 0 Å². The average Bonchev–Trinajstić information content (AvgIpc) is 1.99. The molecule has 0 bridgehead atoms. The van der Waals surface area contributed by atoms with Crippen LogP contribution in [0, 0.1) is 11.3 Å². The van der Waals surface area contributed by atoms with Crippen molar-refractivity contribution in [2.45, 2.75) is 32.6 Å². The number of allylic oxidation sites excluding steroid dienone is 2. The molecule has 0 N–H and O–H groups in total. The molecule has 0 saturated heterocycles. The van der Waals surface area contributed by atoms with Gasteiger partial charge in [-0.1, -0.05) is 11.6 Å².